The van der Waals surface area contributed by atoms with Crippen LogP contribution < -0.4 is 10.6 Å². The number of amides is 1. The van der Waals surface area contributed by atoms with Crippen LogP contribution in [0.15, 0.2) is 16.6 Å². The molecule has 0 spiro atoms. The molecular formula is C10H10BrFN2O. The molecule has 1 amide bonds. The molecule has 80 valence electrons. The van der Waals surface area contributed by atoms with Crippen LogP contribution in [0.4, 0.5) is 15.8 Å². The monoisotopic (exact) mass is 272 g/mol. The zero-order chi connectivity index (χ0) is 11.0. The maximum absolute atomic E-state index is 13.3. The van der Waals surface area contributed by atoms with Crippen molar-refractivity contribution >= 4 is 33.2 Å². The van der Waals surface area contributed by atoms with E-state index in [0.29, 0.717) is 22.3 Å². The van der Waals surface area contributed by atoms with Gasteiger partial charge in [-0.05, 0) is 28.9 Å². The summed E-state index contributed by atoms with van der Waals surface area (Å²) >= 11 is 3.08. The van der Waals surface area contributed by atoms with Gasteiger partial charge in [0.1, 0.15) is 5.82 Å². The molecule has 1 aromatic rings. The van der Waals surface area contributed by atoms with Crippen molar-refractivity contribution in [3.8, 4) is 0 Å². The number of fused-ring (bicyclic) bond motifs is 1. The lowest BCUT2D eigenvalue weighted by molar-refractivity contribution is -0.116. The Bertz CT molecular complexity index is 422. The number of nitrogens with one attached hydrogen (secondary N) is 2. The number of benzene rings is 1. The summed E-state index contributed by atoms with van der Waals surface area (Å²) in [6.45, 7) is 1.88. The molecule has 1 aliphatic heterocycles. The topological polar surface area (TPSA) is 41.1 Å². The second-order valence-corrected chi connectivity index (χ2v) is 4.46. The van der Waals surface area contributed by atoms with Crippen molar-refractivity contribution in [1.82, 2.24) is 0 Å². The molecule has 2 N–H and O–H groups in total. The Balaban J connectivity index is 2.46. The summed E-state index contributed by atoms with van der Waals surface area (Å²) in [7, 11) is 0. The Hall–Kier alpha value is -1.10. The summed E-state index contributed by atoms with van der Waals surface area (Å²) in [5.41, 5.74) is 1.23. The molecule has 5 heteroatoms. The van der Waals surface area contributed by atoms with Crippen molar-refractivity contribution in [1.29, 1.82) is 0 Å². The Labute approximate surface area is 95.2 Å². The van der Waals surface area contributed by atoms with Crippen molar-refractivity contribution < 1.29 is 9.18 Å². The molecule has 3 nitrogen and oxygen atoms in total. The first kappa shape index (κ1) is 10.4. The zero-order valence-electron chi connectivity index (χ0n) is 8.10. The number of hydrogen-bond acceptors (Lipinski definition) is 2. The van der Waals surface area contributed by atoms with Gasteiger partial charge in [0.05, 0.1) is 15.8 Å². The predicted molar refractivity (Wildman–Crippen MR) is 60.4 cm³/mol. The first-order valence-electron chi connectivity index (χ1n) is 4.61. The first-order chi connectivity index (χ1) is 7.06. The largest absolute Gasteiger partial charge is 0.380 e. The third-order valence-corrected chi connectivity index (χ3v) is 2.84. The Kier molecular flexibility index (Phi) is 2.65. The van der Waals surface area contributed by atoms with Crippen LogP contribution in [0, 0.1) is 5.82 Å². The second-order valence-electron chi connectivity index (χ2n) is 3.61. The fraction of sp³-hybridized carbons (Fsp3) is 0.300. The van der Waals surface area contributed by atoms with E-state index in [4.69, 9.17) is 0 Å². The molecular weight excluding hydrogens is 263 g/mol. The number of carbonyl (C=O) groups is 1. The van der Waals surface area contributed by atoms with Crippen LogP contribution in [-0.2, 0) is 4.79 Å². The zero-order valence-corrected chi connectivity index (χ0v) is 9.69. The van der Waals surface area contributed by atoms with Crippen molar-refractivity contribution in [3.05, 3.63) is 22.4 Å². The van der Waals surface area contributed by atoms with E-state index in [2.05, 4.69) is 26.6 Å². The maximum Gasteiger partial charge on any atom is 0.226 e. The van der Waals surface area contributed by atoms with Crippen molar-refractivity contribution in [3.63, 3.8) is 0 Å². The van der Waals surface area contributed by atoms with Crippen LogP contribution in [0.2, 0.25) is 0 Å². The average Bonchev–Trinajstić information content (AvgIpc) is 2.24. The van der Waals surface area contributed by atoms with Gasteiger partial charge in [0.2, 0.25) is 5.91 Å². The highest BCUT2D eigenvalue weighted by Crippen LogP contribution is 2.31. The molecule has 1 aromatic carbocycles. The van der Waals surface area contributed by atoms with E-state index >= 15 is 0 Å². The minimum atomic E-state index is -0.343. The molecule has 1 heterocycles. The van der Waals surface area contributed by atoms with Crippen LogP contribution in [0.1, 0.15) is 13.3 Å². The summed E-state index contributed by atoms with van der Waals surface area (Å²) in [6, 6.07) is 2.95. The van der Waals surface area contributed by atoms with Gasteiger partial charge in [-0.25, -0.2) is 4.39 Å². The standard InChI is InChI=1S/C10H10BrFN2O/c1-5-2-10(15)14-8-3-6(11)7(12)4-9(8)13-5/h3-5,13H,2H2,1H3,(H,14,15). The van der Waals surface area contributed by atoms with Crippen molar-refractivity contribution in [2.45, 2.75) is 19.4 Å². The fourth-order valence-electron chi connectivity index (χ4n) is 1.57. The molecule has 1 atom stereocenters. The summed E-state index contributed by atoms with van der Waals surface area (Å²) in [5.74, 6) is -0.406. The van der Waals surface area contributed by atoms with Gasteiger partial charge in [-0.3, -0.25) is 4.79 Å². The predicted octanol–water partition coefficient (Wildman–Crippen LogP) is 2.73. The number of halogens is 2. The molecule has 15 heavy (non-hydrogen) atoms. The van der Waals surface area contributed by atoms with E-state index in [-0.39, 0.29) is 17.8 Å². The average molecular weight is 273 g/mol. The normalized spacial score (nSPS) is 19.9. The number of anilines is 2. The minimum Gasteiger partial charge on any atom is -0.380 e. The van der Waals surface area contributed by atoms with E-state index in [1.165, 1.54) is 6.07 Å². The third-order valence-electron chi connectivity index (χ3n) is 2.23. The molecule has 0 radical (unpaired) electrons. The summed E-state index contributed by atoms with van der Waals surface area (Å²) in [4.78, 5) is 11.4. The summed E-state index contributed by atoms with van der Waals surface area (Å²) in [5, 5.41) is 5.80. The van der Waals surface area contributed by atoms with Gasteiger partial charge >= 0.3 is 0 Å². The lowest BCUT2D eigenvalue weighted by atomic mass is 10.2. The van der Waals surface area contributed by atoms with Gasteiger partial charge in [0.15, 0.2) is 0 Å². The summed E-state index contributed by atoms with van der Waals surface area (Å²) in [6.07, 6.45) is 0.383. The van der Waals surface area contributed by atoms with Crippen LogP contribution in [0.3, 0.4) is 0 Å². The lowest BCUT2D eigenvalue weighted by Crippen LogP contribution is -2.18. The third kappa shape index (κ3) is 2.12. The maximum atomic E-state index is 13.3. The molecule has 0 aliphatic carbocycles. The molecule has 2 rings (SSSR count). The van der Waals surface area contributed by atoms with E-state index in [1.54, 1.807) is 6.07 Å². The first-order valence-corrected chi connectivity index (χ1v) is 5.41. The molecule has 0 fully saturated rings. The quantitative estimate of drug-likeness (QED) is 0.763. The lowest BCUT2D eigenvalue weighted by Gasteiger charge is -2.11. The highest BCUT2D eigenvalue weighted by Gasteiger charge is 2.18. The van der Waals surface area contributed by atoms with E-state index in [1.807, 2.05) is 6.92 Å². The van der Waals surface area contributed by atoms with E-state index in [9.17, 15) is 9.18 Å². The highest BCUT2D eigenvalue weighted by atomic mass is 79.9. The Morgan fingerprint density at radius 1 is 1.47 bits per heavy atom. The van der Waals surface area contributed by atoms with Gasteiger partial charge < -0.3 is 10.6 Å². The Morgan fingerprint density at radius 3 is 2.93 bits per heavy atom. The molecule has 0 saturated carbocycles. The molecule has 1 unspecified atom stereocenters. The van der Waals surface area contributed by atoms with E-state index < -0.39 is 0 Å². The fourth-order valence-corrected chi connectivity index (χ4v) is 1.91. The molecule has 0 aromatic heterocycles. The van der Waals surface area contributed by atoms with Crippen molar-refractivity contribution in [2.75, 3.05) is 10.6 Å². The van der Waals surface area contributed by atoms with E-state index in [0.717, 1.165) is 0 Å². The van der Waals surface area contributed by atoms with Crippen LogP contribution in [-0.4, -0.2) is 11.9 Å². The van der Waals surface area contributed by atoms with Gasteiger partial charge in [0.25, 0.3) is 0 Å². The smallest absolute Gasteiger partial charge is 0.226 e. The van der Waals surface area contributed by atoms with Gasteiger partial charge in [-0.15, -0.1) is 0 Å². The van der Waals surface area contributed by atoms with Crippen LogP contribution in [0.5, 0.6) is 0 Å². The van der Waals surface area contributed by atoms with Gasteiger partial charge in [0, 0.05) is 18.5 Å². The highest BCUT2D eigenvalue weighted by molar-refractivity contribution is 9.10. The SMILES string of the molecule is CC1CC(=O)Nc2cc(Br)c(F)cc2N1. The summed E-state index contributed by atoms with van der Waals surface area (Å²) < 4.78 is 13.6. The minimum absolute atomic E-state index is 0.00632. The second kappa shape index (κ2) is 3.81. The molecule has 0 bridgehead atoms. The van der Waals surface area contributed by atoms with Gasteiger partial charge in [-0.2, -0.15) is 0 Å². The molecule has 0 saturated heterocycles. The van der Waals surface area contributed by atoms with Gasteiger partial charge in [-0.1, -0.05) is 0 Å². The number of rotatable bonds is 0. The van der Waals surface area contributed by atoms with Crippen molar-refractivity contribution in [2.24, 2.45) is 0 Å². The van der Waals surface area contributed by atoms with Crippen LogP contribution >= 0.6 is 15.9 Å². The molecule has 1 aliphatic rings. The Morgan fingerprint density at radius 2 is 2.20 bits per heavy atom. The van der Waals surface area contributed by atoms with Crippen LogP contribution in [0.25, 0.3) is 0 Å². The number of hydrogen-bond donors (Lipinski definition) is 2. The number of carbonyl (C=O) groups excluding carboxylic acids is 1.